The fourth-order valence-electron chi connectivity index (χ4n) is 6.22. The van der Waals surface area contributed by atoms with Gasteiger partial charge in [-0.3, -0.25) is 9.59 Å². The first-order valence-corrected chi connectivity index (χ1v) is 13.2. The second-order valence-corrected chi connectivity index (χ2v) is 11.4. The van der Waals surface area contributed by atoms with Crippen molar-refractivity contribution >= 4 is 11.9 Å². The summed E-state index contributed by atoms with van der Waals surface area (Å²) in [5.74, 6) is 6.24. The van der Waals surface area contributed by atoms with Gasteiger partial charge in [-0.1, -0.05) is 61.6 Å². The minimum absolute atomic E-state index is 0.114. The molecule has 1 N–H and O–H groups in total. The highest BCUT2D eigenvalue weighted by molar-refractivity contribution is 5.67. The Labute approximate surface area is 216 Å². The van der Waals surface area contributed by atoms with E-state index in [1.54, 1.807) is 13.8 Å². The van der Waals surface area contributed by atoms with Crippen molar-refractivity contribution in [3.05, 3.63) is 47.1 Å². The molecular weight excluding hydrogens is 452 g/mol. The monoisotopic (exact) mass is 494 g/mol. The lowest BCUT2D eigenvalue weighted by Gasteiger charge is -2.42. The van der Waals surface area contributed by atoms with Crippen molar-refractivity contribution in [2.75, 3.05) is 0 Å². The summed E-state index contributed by atoms with van der Waals surface area (Å²) in [5.41, 5.74) is 3.83. The van der Waals surface area contributed by atoms with Crippen LogP contribution in [0, 0.1) is 29.1 Å². The van der Waals surface area contributed by atoms with Gasteiger partial charge in [0, 0.05) is 33.1 Å². The predicted molar refractivity (Wildman–Crippen MR) is 142 cm³/mol. The highest BCUT2D eigenvalue weighted by Gasteiger charge is 2.45. The Morgan fingerprint density at radius 1 is 1.28 bits per heavy atom. The highest BCUT2D eigenvalue weighted by atomic mass is 16.6. The van der Waals surface area contributed by atoms with Gasteiger partial charge < -0.3 is 14.6 Å². The molecule has 0 aromatic heterocycles. The summed E-state index contributed by atoms with van der Waals surface area (Å²) in [6.45, 7) is 15.1. The molecule has 0 bridgehead atoms. The Morgan fingerprint density at radius 2 is 1.97 bits per heavy atom. The third kappa shape index (κ3) is 6.79. The third-order valence-electron chi connectivity index (χ3n) is 7.81. The number of esters is 2. The van der Waals surface area contributed by atoms with Gasteiger partial charge in [0.2, 0.25) is 0 Å². The average Bonchev–Trinajstić information content (AvgIpc) is 3.10. The normalized spacial score (nSPS) is 31.2. The number of allylic oxidation sites excluding steroid dienone is 5. The molecule has 0 saturated heterocycles. The number of ether oxygens (including phenoxy) is 2. The van der Waals surface area contributed by atoms with Crippen LogP contribution in [-0.4, -0.2) is 34.9 Å². The van der Waals surface area contributed by atoms with Crippen LogP contribution in [0.2, 0.25) is 0 Å². The van der Waals surface area contributed by atoms with E-state index in [0.29, 0.717) is 24.7 Å². The van der Waals surface area contributed by atoms with Gasteiger partial charge in [0.25, 0.3) is 0 Å². The molecule has 36 heavy (non-hydrogen) atoms. The van der Waals surface area contributed by atoms with Gasteiger partial charge in [-0.25, -0.2) is 0 Å². The van der Waals surface area contributed by atoms with Crippen LogP contribution in [0.5, 0.6) is 0 Å². The van der Waals surface area contributed by atoms with Crippen molar-refractivity contribution in [2.24, 2.45) is 17.3 Å². The standard InChI is InChI=1S/C31H42O5/c1-20(10-8-16-30(5,6)34)27-14-15-28-24(11-9-17-31(27,28)7)12-13-25-18-26(35-22(3)32)19-29(21(25)2)36-23(4)33/h12-14,20,26,28-29,34H,2,9-11,15,17-19H2,1,3-7H3/b24-12+,25-13-/t20-,26-,28+,29+,31-/m1/s1. The Balaban J connectivity index is 1.80. The van der Waals surface area contributed by atoms with E-state index in [0.717, 1.165) is 43.3 Å². The number of fused-ring (bicyclic) bond motifs is 1. The van der Waals surface area contributed by atoms with E-state index in [9.17, 15) is 14.7 Å². The maximum atomic E-state index is 11.6. The first-order chi connectivity index (χ1) is 16.8. The zero-order valence-electron chi connectivity index (χ0n) is 22.8. The molecule has 0 aromatic carbocycles. The molecule has 5 nitrogen and oxygen atoms in total. The number of carbonyl (C=O) groups is 2. The summed E-state index contributed by atoms with van der Waals surface area (Å²) in [6.07, 6.45) is 12.1. The van der Waals surface area contributed by atoms with Crippen LogP contribution < -0.4 is 0 Å². The van der Waals surface area contributed by atoms with Crippen molar-refractivity contribution in [1.82, 2.24) is 0 Å². The van der Waals surface area contributed by atoms with Crippen LogP contribution in [0.3, 0.4) is 0 Å². The van der Waals surface area contributed by atoms with Crippen LogP contribution >= 0.6 is 0 Å². The Morgan fingerprint density at radius 3 is 2.61 bits per heavy atom. The number of aliphatic hydroxyl groups is 1. The SMILES string of the molecule is C=C1/C(=C\C=C2/CCC[C@]3(C)C([C@H](C)CC#CC(C)(C)O)=CC[C@@H]23)C[C@@H](OC(C)=O)C[C@@H]1OC(C)=O. The maximum Gasteiger partial charge on any atom is 0.303 e. The topological polar surface area (TPSA) is 72.8 Å². The van der Waals surface area contributed by atoms with E-state index in [-0.39, 0.29) is 23.5 Å². The van der Waals surface area contributed by atoms with Crippen molar-refractivity contribution < 1.29 is 24.2 Å². The highest BCUT2D eigenvalue weighted by Crippen LogP contribution is 2.56. The van der Waals surface area contributed by atoms with Crippen LogP contribution in [0.4, 0.5) is 0 Å². The lowest BCUT2D eigenvalue weighted by Crippen LogP contribution is -2.33. The van der Waals surface area contributed by atoms with Gasteiger partial charge >= 0.3 is 11.9 Å². The minimum atomic E-state index is -0.962. The molecule has 0 amide bonds. The molecule has 0 radical (unpaired) electrons. The first-order valence-electron chi connectivity index (χ1n) is 13.2. The number of rotatable bonds is 5. The lowest BCUT2D eigenvalue weighted by molar-refractivity contribution is -0.152. The second-order valence-electron chi connectivity index (χ2n) is 11.4. The zero-order chi connectivity index (χ0) is 26.7. The van der Waals surface area contributed by atoms with Crippen molar-refractivity contribution in [3.63, 3.8) is 0 Å². The van der Waals surface area contributed by atoms with E-state index < -0.39 is 11.7 Å². The van der Waals surface area contributed by atoms with Gasteiger partial charge in [0.15, 0.2) is 0 Å². The molecule has 196 valence electrons. The van der Waals surface area contributed by atoms with Crippen LogP contribution in [0.1, 0.15) is 86.5 Å². The largest absolute Gasteiger partial charge is 0.462 e. The molecule has 3 aliphatic carbocycles. The summed E-state index contributed by atoms with van der Waals surface area (Å²) in [4.78, 5) is 23.2. The molecule has 5 heteroatoms. The molecule has 0 aromatic rings. The number of hydrogen-bond donors (Lipinski definition) is 1. The van der Waals surface area contributed by atoms with E-state index in [2.05, 4.69) is 50.5 Å². The van der Waals surface area contributed by atoms with Crippen LogP contribution in [0.15, 0.2) is 47.1 Å². The molecule has 0 aliphatic heterocycles. The maximum absolute atomic E-state index is 11.6. The molecular formula is C31H42O5. The minimum Gasteiger partial charge on any atom is -0.462 e. The average molecular weight is 495 g/mol. The Bertz CT molecular complexity index is 1040. The van der Waals surface area contributed by atoms with Gasteiger partial charge in [-0.15, -0.1) is 0 Å². The molecule has 2 fully saturated rings. The summed E-state index contributed by atoms with van der Waals surface area (Å²) < 4.78 is 11.0. The van der Waals surface area contributed by atoms with Gasteiger partial charge in [0.1, 0.15) is 17.8 Å². The molecule has 3 aliphatic rings. The summed E-state index contributed by atoms with van der Waals surface area (Å²) >= 11 is 0. The van der Waals surface area contributed by atoms with Gasteiger partial charge in [0.05, 0.1) is 0 Å². The molecule has 3 rings (SSSR count). The number of carbonyl (C=O) groups excluding carboxylic acids is 2. The van der Waals surface area contributed by atoms with Gasteiger partial charge in [-0.05, 0) is 67.9 Å². The number of hydrogen-bond acceptors (Lipinski definition) is 5. The smallest absolute Gasteiger partial charge is 0.303 e. The fraction of sp³-hybridized carbons (Fsp3) is 0.613. The predicted octanol–water partition coefficient (Wildman–Crippen LogP) is 5.99. The second kappa shape index (κ2) is 11.2. The molecule has 5 atom stereocenters. The summed E-state index contributed by atoms with van der Waals surface area (Å²) in [7, 11) is 0. The summed E-state index contributed by atoms with van der Waals surface area (Å²) in [5, 5.41) is 9.92. The Hall–Kier alpha value is -2.58. The molecule has 0 unspecified atom stereocenters. The quantitative estimate of drug-likeness (QED) is 0.289. The fourth-order valence-corrected chi connectivity index (χ4v) is 6.22. The van der Waals surface area contributed by atoms with Gasteiger partial charge in [-0.2, -0.15) is 0 Å². The third-order valence-corrected chi connectivity index (χ3v) is 7.81. The molecule has 0 heterocycles. The molecule has 2 saturated carbocycles. The van der Waals surface area contributed by atoms with E-state index in [1.807, 2.05) is 0 Å². The zero-order valence-corrected chi connectivity index (χ0v) is 22.8. The van der Waals surface area contributed by atoms with Crippen LogP contribution in [-0.2, 0) is 19.1 Å². The Kier molecular flexibility index (Phi) is 8.72. The van der Waals surface area contributed by atoms with Crippen LogP contribution in [0.25, 0.3) is 0 Å². The van der Waals surface area contributed by atoms with Crippen molar-refractivity contribution in [2.45, 2.75) is 104 Å². The lowest BCUT2D eigenvalue weighted by atomic mass is 9.62. The van der Waals surface area contributed by atoms with Crippen molar-refractivity contribution in [3.8, 4) is 11.8 Å². The molecule has 0 spiro atoms. The van der Waals surface area contributed by atoms with Crippen molar-refractivity contribution in [1.29, 1.82) is 0 Å². The van der Waals surface area contributed by atoms with E-state index in [1.165, 1.54) is 25.0 Å². The van der Waals surface area contributed by atoms with E-state index in [4.69, 9.17) is 9.47 Å². The summed E-state index contributed by atoms with van der Waals surface area (Å²) in [6, 6.07) is 0. The van der Waals surface area contributed by atoms with E-state index >= 15 is 0 Å². The first kappa shape index (κ1) is 28.0.